The van der Waals surface area contributed by atoms with E-state index in [2.05, 4.69) is 29.3 Å². The second-order valence-electron chi connectivity index (χ2n) is 6.39. The van der Waals surface area contributed by atoms with Crippen LogP contribution in [0.15, 0.2) is 24.3 Å². The Bertz CT molecular complexity index is 421. The lowest BCUT2D eigenvalue weighted by atomic mass is 9.96. The zero-order valence-electron chi connectivity index (χ0n) is 12.4. The third-order valence-electron chi connectivity index (χ3n) is 4.82. The highest BCUT2D eigenvalue weighted by Crippen LogP contribution is 2.36. The van der Waals surface area contributed by atoms with Gasteiger partial charge in [-0.25, -0.2) is 0 Å². The summed E-state index contributed by atoms with van der Waals surface area (Å²) in [6, 6.07) is 8.99. The van der Waals surface area contributed by atoms with Crippen LogP contribution in [0.1, 0.15) is 44.2 Å². The molecule has 3 rings (SSSR count). The number of phenols is 1. The molecule has 0 bridgehead atoms. The normalized spacial score (nSPS) is 22.1. The zero-order chi connectivity index (χ0) is 13.9. The standard InChI is InChI=1S/C17H26N2O/c1-13(15-2-6-17(20)7-3-15)19(16-4-5-16)12-14-8-10-18-11-9-14/h2-3,6-7,13-14,16,18,20H,4-5,8-12H2,1H3. The van der Waals surface area contributed by atoms with Crippen LogP contribution in [0.25, 0.3) is 0 Å². The molecule has 2 aliphatic rings. The lowest BCUT2D eigenvalue weighted by Crippen LogP contribution is -2.38. The summed E-state index contributed by atoms with van der Waals surface area (Å²) in [6.45, 7) is 5.90. The van der Waals surface area contributed by atoms with Crippen LogP contribution < -0.4 is 5.32 Å². The Morgan fingerprint density at radius 3 is 2.40 bits per heavy atom. The molecular weight excluding hydrogens is 248 g/mol. The molecule has 1 aliphatic heterocycles. The van der Waals surface area contributed by atoms with Crippen molar-refractivity contribution in [3.05, 3.63) is 29.8 Å². The zero-order valence-corrected chi connectivity index (χ0v) is 12.4. The predicted octanol–water partition coefficient (Wildman–Crippen LogP) is 2.92. The Kier molecular flexibility index (Phi) is 4.27. The summed E-state index contributed by atoms with van der Waals surface area (Å²) in [5.74, 6) is 1.20. The minimum Gasteiger partial charge on any atom is -0.508 e. The number of rotatable bonds is 5. The smallest absolute Gasteiger partial charge is 0.115 e. The van der Waals surface area contributed by atoms with Gasteiger partial charge in [0, 0.05) is 18.6 Å². The van der Waals surface area contributed by atoms with Crippen molar-refractivity contribution in [2.45, 2.75) is 44.7 Å². The van der Waals surface area contributed by atoms with Crippen LogP contribution in [-0.2, 0) is 0 Å². The summed E-state index contributed by atoms with van der Waals surface area (Å²) in [5, 5.41) is 12.9. The number of hydrogen-bond donors (Lipinski definition) is 2. The van der Waals surface area contributed by atoms with Gasteiger partial charge in [0.1, 0.15) is 5.75 Å². The first-order chi connectivity index (χ1) is 9.74. The molecule has 1 saturated heterocycles. The van der Waals surface area contributed by atoms with Gasteiger partial charge in [-0.15, -0.1) is 0 Å². The first-order valence-corrected chi connectivity index (χ1v) is 7.99. The fourth-order valence-corrected chi connectivity index (χ4v) is 3.34. The van der Waals surface area contributed by atoms with E-state index in [9.17, 15) is 5.11 Å². The summed E-state index contributed by atoms with van der Waals surface area (Å²) in [7, 11) is 0. The van der Waals surface area contributed by atoms with E-state index in [-0.39, 0.29) is 0 Å². The van der Waals surface area contributed by atoms with E-state index >= 15 is 0 Å². The maximum Gasteiger partial charge on any atom is 0.115 e. The number of hydrogen-bond acceptors (Lipinski definition) is 3. The molecular formula is C17H26N2O. The van der Waals surface area contributed by atoms with Crippen LogP contribution in [0.3, 0.4) is 0 Å². The Hall–Kier alpha value is -1.06. The van der Waals surface area contributed by atoms with Crippen molar-refractivity contribution in [3.8, 4) is 5.75 Å². The lowest BCUT2D eigenvalue weighted by molar-refractivity contribution is 0.152. The van der Waals surface area contributed by atoms with Gasteiger partial charge < -0.3 is 10.4 Å². The average Bonchev–Trinajstić information content (AvgIpc) is 3.30. The van der Waals surface area contributed by atoms with Gasteiger partial charge in [-0.2, -0.15) is 0 Å². The second kappa shape index (κ2) is 6.15. The van der Waals surface area contributed by atoms with Crippen molar-refractivity contribution >= 4 is 0 Å². The lowest BCUT2D eigenvalue weighted by Gasteiger charge is -2.34. The monoisotopic (exact) mass is 274 g/mol. The molecule has 1 atom stereocenters. The molecule has 2 fully saturated rings. The number of aromatic hydroxyl groups is 1. The summed E-state index contributed by atoms with van der Waals surface area (Å²) in [5.41, 5.74) is 1.32. The molecule has 1 heterocycles. The van der Waals surface area contributed by atoms with Crippen LogP contribution in [0.4, 0.5) is 0 Å². The Labute approximate surface area is 122 Å². The van der Waals surface area contributed by atoms with E-state index in [1.54, 1.807) is 12.1 Å². The quantitative estimate of drug-likeness (QED) is 0.866. The van der Waals surface area contributed by atoms with Crippen molar-refractivity contribution in [1.29, 1.82) is 0 Å². The highest BCUT2D eigenvalue weighted by molar-refractivity contribution is 5.28. The molecule has 2 N–H and O–H groups in total. The topological polar surface area (TPSA) is 35.5 Å². The van der Waals surface area contributed by atoms with Gasteiger partial charge in [0.25, 0.3) is 0 Å². The molecule has 1 saturated carbocycles. The van der Waals surface area contributed by atoms with E-state index in [4.69, 9.17) is 0 Å². The van der Waals surface area contributed by atoms with Gasteiger partial charge in [-0.3, -0.25) is 4.90 Å². The van der Waals surface area contributed by atoms with Gasteiger partial charge in [0.05, 0.1) is 0 Å². The summed E-state index contributed by atoms with van der Waals surface area (Å²) < 4.78 is 0. The van der Waals surface area contributed by atoms with Crippen LogP contribution in [-0.4, -0.2) is 35.7 Å². The molecule has 1 aromatic carbocycles. The molecule has 3 nitrogen and oxygen atoms in total. The highest BCUT2D eigenvalue weighted by Gasteiger charge is 2.34. The van der Waals surface area contributed by atoms with E-state index in [0.29, 0.717) is 11.8 Å². The van der Waals surface area contributed by atoms with Gasteiger partial charge >= 0.3 is 0 Å². The third kappa shape index (κ3) is 3.33. The first kappa shape index (κ1) is 13.9. The maximum atomic E-state index is 9.44. The van der Waals surface area contributed by atoms with Crippen molar-refractivity contribution in [2.24, 2.45) is 5.92 Å². The minimum absolute atomic E-state index is 0.359. The van der Waals surface area contributed by atoms with E-state index in [0.717, 1.165) is 12.0 Å². The number of nitrogens with zero attached hydrogens (tertiary/aromatic N) is 1. The number of nitrogens with one attached hydrogen (secondary N) is 1. The Morgan fingerprint density at radius 2 is 1.80 bits per heavy atom. The molecule has 1 aromatic rings. The van der Waals surface area contributed by atoms with Gasteiger partial charge in [-0.05, 0) is 69.3 Å². The van der Waals surface area contributed by atoms with Crippen molar-refractivity contribution < 1.29 is 5.11 Å². The summed E-state index contributed by atoms with van der Waals surface area (Å²) >= 11 is 0. The molecule has 1 aliphatic carbocycles. The average molecular weight is 274 g/mol. The van der Waals surface area contributed by atoms with Crippen LogP contribution in [0.2, 0.25) is 0 Å². The van der Waals surface area contributed by atoms with Crippen molar-refractivity contribution in [2.75, 3.05) is 19.6 Å². The van der Waals surface area contributed by atoms with Gasteiger partial charge in [0.15, 0.2) is 0 Å². The second-order valence-corrected chi connectivity index (χ2v) is 6.39. The molecule has 3 heteroatoms. The SMILES string of the molecule is CC(c1ccc(O)cc1)N(CC1CCNCC1)C1CC1. The van der Waals surface area contributed by atoms with Crippen LogP contribution in [0, 0.1) is 5.92 Å². The number of piperidine rings is 1. The Morgan fingerprint density at radius 1 is 1.15 bits per heavy atom. The molecule has 110 valence electrons. The van der Waals surface area contributed by atoms with E-state index < -0.39 is 0 Å². The molecule has 0 radical (unpaired) electrons. The first-order valence-electron chi connectivity index (χ1n) is 7.99. The fraction of sp³-hybridized carbons (Fsp3) is 0.647. The minimum atomic E-state index is 0.359. The van der Waals surface area contributed by atoms with E-state index in [1.165, 1.54) is 50.9 Å². The summed E-state index contributed by atoms with van der Waals surface area (Å²) in [6.07, 6.45) is 5.33. The fourth-order valence-electron chi connectivity index (χ4n) is 3.34. The van der Waals surface area contributed by atoms with Crippen LogP contribution in [0.5, 0.6) is 5.75 Å². The molecule has 0 amide bonds. The Balaban J connectivity index is 1.67. The summed E-state index contributed by atoms with van der Waals surface area (Å²) in [4.78, 5) is 2.70. The third-order valence-corrected chi connectivity index (χ3v) is 4.82. The molecule has 0 aromatic heterocycles. The predicted molar refractivity (Wildman–Crippen MR) is 81.8 cm³/mol. The number of phenolic OH excluding ortho intramolecular Hbond substituents is 1. The molecule has 20 heavy (non-hydrogen) atoms. The molecule has 1 unspecified atom stereocenters. The largest absolute Gasteiger partial charge is 0.508 e. The van der Waals surface area contributed by atoms with Gasteiger partial charge in [-0.1, -0.05) is 12.1 Å². The molecule has 0 spiro atoms. The van der Waals surface area contributed by atoms with Crippen molar-refractivity contribution in [3.63, 3.8) is 0 Å². The van der Waals surface area contributed by atoms with Crippen molar-refractivity contribution in [1.82, 2.24) is 10.2 Å². The van der Waals surface area contributed by atoms with Gasteiger partial charge in [0.2, 0.25) is 0 Å². The van der Waals surface area contributed by atoms with Crippen LogP contribution >= 0.6 is 0 Å². The maximum absolute atomic E-state index is 9.44. The number of benzene rings is 1. The van der Waals surface area contributed by atoms with E-state index in [1.807, 2.05) is 0 Å². The highest BCUT2D eigenvalue weighted by atomic mass is 16.3.